The SMILES string of the molecule is O=C(O)C1CCC(Nc2nc(Cl)ncc2[N+](=O)[O-])CC1. The van der Waals surface area contributed by atoms with Crippen molar-refractivity contribution >= 4 is 29.1 Å². The van der Waals surface area contributed by atoms with Crippen molar-refractivity contribution < 1.29 is 14.8 Å². The lowest BCUT2D eigenvalue weighted by Gasteiger charge is -2.26. The van der Waals surface area contributed by atoms with Crippen molar-refractivity contribution in [1.82, 2.24) is 9.97 Å². The summed E-state index contributed by atoms with van der Waals surface area (Å²) in [6, 6.07) is -0.0460. The molecule has 108 valence electrons. The van der Waals surface area contributed by atoms with E-state index in [1.807, 2.05) is 0 Å². The lowest BCUT2D eigenvalue weighted by molar-refractivity contribution is -0.384. The minimum absolute atomic E-state index is 0.0460. The molecule has 0 saturated heterocycles. The molecule has 2 rings (SSSR count). The van der Waals surface area contributed by atoms with Crippen molar-refractivity contribution in [2.45, 2.75) is 31.7 Å². The molecule has 8 nitrogen and oxygen atoms in total. The minimum atomic E-state index is -0.792. The molecule has 0 aromatic carbocycles. The van der Waals surface area contributed by atoms with Gasteiger partial charge in [0.05, 0.1) is 10.8 Å². The zero-order valence-electron chi connectivity index (χ0n) is 10.5. The standard InChI is InChI=1S/C11H13ClN4O4/c12-11-13-5-8(16(19)20)9(15-11)14-7-3-1-6(2-4-7)10(17)18/h5-7H,1-4H2,(H,17,18)(H,13,14,15). The normalized spacial score (nSPS) is 22.2. The van der Waals surface area contributed by atoms with Gasteiger partial charge in [-0.15, -0.1) is 0 Å². The first-order chi connectivity index (χ1) is 9.47. The molecule has 0 unspecified atom stereocenters. The molecule has 9 heteroatoms. The number of carbonyl (C=O) groups is 1. The number of rotatable bonds is 4. The van der Waals surface area contributed by atoms with Crippen LogP contribution < -0.4 is 5.32 Å². The molecule has 1 aromatic rings. The van der Waals surface area contributed by atoms with Crippen LogP contribution in [0.4, 0.5) is 11.5 Å². The summed E-state index contributed by atoms with van der Waals surface area (Å²) in [5.41, 5.74) is -0.241. The summed E-state index contributed by atoms with van der Waals surface area (Å²) in [6.45, 7) is 0. The van der Waals surface area contributed by atoms with E-state index in [0.717, 1.165) is 6.20 Å². The van der Waals surface area contributed by atoms with Gasteiger partial charge in [0.1, 0.15) is 6.20 Å². The van der Waals surface area contributed by atoms with Gasteiger partial charge in [0.15, 0.2) is 0 Å². The highest BCUT2D eigenvalue weighted by Gasteiger charge is 2.27. The quantitative estimate of drug-likeness (QED) is 0.496. The number of carboxylic acid groups (broad SMARTS) is 1. The van der Waals surface area contributed by atoms with Gasteiger partial charge in [0.25, 0.3) is 0 Å². The Hall–Kier alpha value is -1.96. The number of halogens is 1. The molecule has 1 aliphatic rings. The van der Waals surface area contributed by atoms with E-state index in [4.69, 9.17) is 16.7 Å². The molecule has 1 heterocycles. The zero-order valence-corrected chi connectivity index (χ0v) is 11.2. The van der Waals surface area contributed by atoms with Crippen molar-refractivity contribution in [3.8, 4) is 0 Å². The van der Waals surface area contributed by atoms with Crippen LogP contribution in [0.15, 0.2) is 6.20 Å². The van der Waals surface area contributed by atoms with Crippen LogP contribution in [0.5, 0.6) is 0 Å². The Morgan fingerprint density at radius 2 is 2.10 bits per heavy atom. The molecule has 1 aliphatic carbocycles. The first kappa shape index (κ1) is 14.4. The van der Waals surface area contributed by atoms with Crippen LogP contribution in [0.3, 0.4) is 0 Å². The van der Waals surface area contributed by atoms with Crippen molar-refractivity contribution in [1.29, 1.82) is 0 Å². The van der Waals surface area contributed by atoms with Gasteiger partial charge in [0, 0.05) is 6.04 Å². The van der Waals surface area contributed by atoms with E-state index in [1.165, 1.54) is 0 Å². The van der Waals surface area contributed by atoms with E-state index in [-0.39, 0.29) is 28.7 Å². The molecule has 20 heavy (non-hydrogen) atoms. The van der Waals surface area contributed by atoms with Crippen LogP contribution in [0, 0.1) is 16.0 Å². The van der Waals surface area contributed by atoms with Gasteiger partial charge in [0.2, 0.25) is 11.1 Å². The Labute approximate surface area is 119 Å². The number of nitro groups is 1. The van der Waals surface area contributed by atoms with Crippen molar-refractivity contribution in [2.24, 2.45) is 5.92 Å². The number of nitrogens with one attached hydrogen (secondary N) is 1. The number of hydrogen-bond donors (Lipinski definition) is 2. The van der Waals surface area contributed by atoms with Crippen LogP contribution in [0.1, 0.15) is 25.7 Å². The van der Waals surface area contributed by atoms with Gasteiger partial charge in [-0.25, -0.2) is 4.98 Å². The van der Waals surface area contributed by atoms with Crippen LogP contribution in [0.25, 0.3) is 0 Å². The second-order valence-corrected chi connectivity index (χ2v) is 5.00. The van der Waals surface area contributed by atoms with Crippen LogP contribution in [0.2, 0.25) is 5.28 Å². The van der Waals surface area contributed by atoms with Crippen molar-refractivity contribution in [3.05, 3.63) is 21.6 Å². The number of aliphatic carboxylic acids is 1. The van der Waals surface area contributed by atoms with Gasteiger partial charge in [-0.05, 0) is 37.3 Å². The third-order valence-electron chi connectivity index (χ3n) is 3.35. The highest BCUT2D eigenvalue weighted by molar-refractivity contribution is 6.28. The fraction of sp³-hybridized carbons (Fsp3) is 0.545. The van der Waals surface area contributed by atoms with Gasteiger partial charge >= 0.3 is 11.7 Å². The molecule has 0 amide bonds. The Morgan fingerprint density at radius 3 is 2.65 bits per heavy atom. The predicted molar refractivity (Wildman–Crippen MR) is 70.7 cm³/mol. The van der Waals surface area contributed by atoms with Gasteiger partial charge < -0.3 is 10.4 Å². The zero-order chi connectivity index (χ0) is 14.7. The fourth-order valence-electron chi connectivity index (χ4n) is 2.27. The number of hydrogen-bond acceptors (Lipinski definition) is 6. The van der Waals surface area contributed by atoms with E-state index in [1.54, 1.807) is 0 Å². The van der Waals surface area contributed by atoms with Crippen LogP contribution >= 0.6 is 11.6 Å². The molecule has 1 saturated carbocycles. The number of carboxylic acids is 1. The summed E-state index contributed by atoms with van der Waals surface area (Å²) in [4.78, 5) is 28.6. The van der Waals surface area contributed by atoms with Crippen LogP contribution in [-0.2, 0) is 4.79 Å². The molecular formula is C11H13ClN4O4. The number of anilines is 1. The molecule has 0 bridgehead atoms. The van der Waals surface area contributed by atoms with Gasteiger partial charge in [-0.1, -0.05) is 0 Å². The molecule has 0 spiro atoms. The molecular weight excluding hydrogens is 288 g/mol. The van der Waals surface area contributed by atoms with Gasteiger partial charge in [-0.3, -0.25) is 14.9 Å². The highest BCUT2D eigenvalue weighted by atomic mass is 35.5. The van der Waals surface area contributed by atoms with E-state index >= 15 is 0 Å². The van der Waals surface area contributed by atoms with Crippen molar-refractivity contribution in [3.63, 3.8) is 0 Å². The number of nitrogens with zero attached hydrogens (tertiary/aromatic N) is 3. The summed E-state index contributed by atoms with van der Waals surface area (Å²) in [5.74, 6) is -1.05. The first-order valence-electron chi connectivity index (χ1n) is 6.13. The molecule has 1 fully saturated rings. The maximum Gasteiger partial charge on any atom is 0.329 e. The van der Waals surface area contributed by atoms with E-state index < -0.39 is 10.9 Å². The average Bonchev–Trinajstić information content (AvgIpc) is 2.39. The summed E-state index contributed by atoms with van der Waals surface area (Å²) in [5, 5.41) is 22.7. The third-order valence-corrected chi connectivity index (χ3v) is 3.54. The Morgan fingerprint density at radius 1 is 1.45 bits per heavy atom. The second-order valence-electron chi connectivity index (χ2n) is 4.66. The largest absolute Gasteiger partial charge is 0.481 e. The van der Waals surface area contributed by atoms with Gasteiger partial charge in [-0.2, -0.15) is 4.98 Å². The van der Waals surface area contributed by atoms with Crippen molar-refractivity contribution in [2.75, 3.05) is 5.32 Å². The summed E-state index contributed by atoms with van der Waals surface area (Å²) in [7, 11) is 0. The van der Waals surface area contributed by atoms with E-state index in [9.17, 15) is 14.9 Å². The average molecular weight is 301 g/mol. The third kappa shape index (κ3) is 3.32. The topological polar surface area (TPSA) is 118 Å². The molecule has 0 atom stereocenters. The molecule has 0 aliphatic heterocycles. The molecule has 0 radical (unpaired) electrons. The predicted octanol–water partition coefficient (Wildman–Crippen LogP) is 2.09. The first-order valence-corrected chi connectivity index (χ1v) is 6.51. The molecule has 1 aromatic heterocycles. The summed E-state index contributed by atoms with van der Waals surface area (Å²) in [6.07, 6.45) is 3.38. The lowest BCUT2D eigenvalue weighted by atomic mass is 9.86. The summed E-state index contributed by atoms with van der Waals surface area (Å²) < 4.78 is 0. The minimum Gasteiger partial charge on any atom is -0.481 e. The maximum atomic E-state index is 10.9. The lowest BCUT2D eigenvalue weighted by Crippen LogP contribution is -2.29. The second kappa shape index (κ2) is 6.00. The number of aromatic nitrogens is 2. The summed E-state index contributed by atoms with van der Waals surface area (Å²) >= 11 is 5.64. The molecule has 2 N–H and O–H groups in total. The fourth-order valence-corrected chi connectivity index (χ4v) is 2.41. The monoisotopic (exact) mass is 300 g/mol. The smallest absolute Gasteiger partial charge is 0.329 e. The maximum absolute atomic E-state index is 10.9. The van der Waals surface area contributed by atoms with Crippen LogP contribution in [-0.4, -0.2) is 32.0 Å². The Bertz CT molecular complexity index is 531. The highest BCUT2D eigenvalue weighted by Crippen LogP contribution is 2.29. The Kier molecular flexibility index (Phi) is 4.33. The Balaban J connectivity index is 2.06. The van der Waals surface area contributed by atoms with E-state index in [0.29, 0.717) is 25.7 Å². The van der Waals surface area contributed by atoms with E-state index in [2.05, 4.69) is 15.3 Å².